The van der Waals surface area contributed by atoms with E-state index < -0.39 is 5.56 Å². The lowest BCUT2D eigenvalue weighted by molar-refractivity contribution is -0.116. The minimum absolute atomic E-state index is 0.0233. The van der Waals surface area contributed by atoms with E-state index in [1.165, 1.54) is 55.8 Å². The number of carbonyl (C=O) groups excluding carboxylic acids is 1. The summed E-state index contributed by atoms with van der Waals surface area (Å²) in [5.41, 5.74) is 3.21. The largest absolute Gasteiger partial charge is 0.380 e. The van der Waals surface area contributed by atoms with Crippen molar-refractivity contribution in [2.75, 3.05) is 12.4 Å². The van der Waals surface area contributed by atoms with Crippen LogP contribution >= 0.6 is 0 Å². The van der Waals surface area contributed by atoms with E-state index in [1.807, 2.05) is 18.2 Å². The lowest BCUT2D eigenvalue weighted by Crippen LogP contribution is -2.48. The molecule has 4 aliphatic carbocycles. The standard InChI is InChI=1S/C27H31N3O3/c1-17-7-21(16-33-2)24(14-28)26(32)30(17)15-25(31)29-23-5-3-22(4-6-23)27-11-18-8-19(12-27)10-20(9-18)13-27/h3-7,18-20H,8-13,15-16H2,1-2H3,(H,29,31). The summed E-state index contributed by atoms with van der Waals surface area (Å²) in [5.74, 6) is 2.40. The van der Waals surface area contributed by atoms with Crippen LogP contribution in [-0.2, 0) is 28.1 Å². The number of carbonyl (C=O) groups is 1. The Hall–Kier alpha value is -2.91. The SMILES string of the molecule is COCc1cc(C)n(CC(=O)Nc2ccc(C34CC5CC(CC(C5)C3)C4)cc2)c(=O)c1C#N. The molecular weight excluding hydrogens is 414 g/mol. The number of hydrogen-bond donors (Lipinski definition) is 1. The van der Waals surface area contributed by atoms with Gasteiger partial charge in [0.2, 0.25) is 5.91 Å². The van der Waals surface area contributed by atoms with E-state index in [0.29, 0.717) is 16.7 Å². The van der Waals surface area contributed by atoms with Gasteiger partial charge >= 0.3 is 0 Å². The maximum absolute atomic E-state index is 12.8. The third-order valence-corrected chi connectivity index (χ3v) is 8.12. The molecule has 1 amide bonds. The summed E-state index contributed by atoms with van der Waals surface area (Å²) in [6, 6.07) is 12.0. The number of aromatic nitrogens is 1. The molecule has 1 heterocycles. The van der Waals surface area contributed by atoms with E-state index >= 15 is 0 Å². The molecular formula is C27H31N3O3. The van der Waals surface area contributed by atoms with Crippen molar-refractivity contribution in [3.8, 4) is 6.07 Å². The molecule has 2 aromatic rings. The van der Waals surface area contributed by atoms with E-state index in [2.05, 4.69) is 17.4 Å². The summed E-state index contributed by atoms with van der Waals surface area (Å²) in [6.45, 7) is 1.81. The van der Waals surface area contributed by atoms with Gasteiger partial charge in [-0.15, -0.1) is 0 Å². The van der Waals surface area contributed by atoms with Gasteiger partial charge in [0.15, 0.2) is 0 Å². The van der Waals surface area contributed by atoms with Gasteiger partial charge in [-0.3, -0.25) is 9.59 Å². The molecule has 6 nitrogen and oxygen atoms in total. The van der Waals surface area contributed by atoms with Crippen LogP contribution in [0.3, 0.4) is 0 Å². The summed E-state index contributed by atoms with van der Waals surface area (Å²) < 4.78 is 6.43. The monoisotopic (exact) mass is 445 g/mol. The maximum atomic E-state index is 12.8. The van der Waals surface area contributed by atoms with Crippen molar-refractivity contribution in [2.45, 2.75) is 64.0 Å². The van der Waals surface area contributed by atoms with E-state index in [-0.39, 0.29) is 24.6 Å². The molecule has 4 bridgehead atoms. The highest BCUT2D eigenvalue weighted by molar-refractivity contribution is 5.90. The predicted molar refractivity (Wildman–Crippen MR) is 126 cm³/mol. The number of nitrogens with zero attached hydrogens (tertiary/aromatic N) is 2. The summed E-state index contributed by atoms with van der Waals surface area (Å²) in [6.07, 6.45) is 8.21. The first-order valence-corrected chi connectivity index (χ1v) is 11.9. The quantitative estimate of drug-likeness (QED) is 0.719. The number of aryl methyl sites for hydroxylation is 1. The Morgan fingerprint density at radius 2 is 1.76 bits per heavy atom. The first-order chi connectivity index (χ1) is 15.9. The number of nitrogens with one attached hydrogen (secondary N) is 1. The van der Waals surface area contributed by atoms with Crippen LogP contribution in [0.15, 0.2) is 35.1 Å². The van der Waals surface area contributed by atoms with E-state index in [1.54, 1.807) is 13.0 Å². The van der Waals surface area contributed by atoms with Crippen LogP contribution in [0.2, 0.25) is 0 Å². The van der Waals surface area contributed by atoms with Gasteiger partial charge in [-0.2, -0.15) is 5.26 Å². The van der Waals surface area contributed by atoms with Gasteiger partial charge in [0.1, 0.15) is 18.2 Å². The normalized spacial score (nSPS) is 27.4. The zero-order valence-electron chi connectivity index (χ0n) is 19.4. The molecule has 1 aromatic heterocycles. The third kappa shape index (κ3) is 4.00. The molecule has 0 saturated heterocycles. The molecule has 4 saturated carbocycles. The fourth-order valence-corrected chi connectivity index (χ4v) is 7.14. The first kappa shape index (κ1) is 21.9. The Morgan fingerprint density at radius 1 is 1.15 bits per heavy atom. The van der Waals surface area contributed by atoms with Crippen molar-refractivity contribution >= 4 is 11.6 Å². The lowest BCUT2D eigenvalue weighted by atomic mass is 9.48. The molecule has 0 radical (unpaired) electrons. The van der Waals surface area contributed by atoms with Crippen molar-refractivity contribution in [2.24, 2.45) is 17.8 Å². The second kappa shape index (κ2) is 8.46. The van der Waals surface area contributed by atoms with Gasteiger partial charge in [-0.05, 0) is 92.4 Å². The zero-order chi connectivity index (χ0) is 23.2. The molecule has 33 heavy (non-hydrogen) atoms. The summed E-state index contributed by atoms with van der Waals surface area (Å²) in [7, 11) is 1.52. The average Bonchev–Trinajstić information content (AvgIpc) is 2.76. The highest BCUT2D eigenvalue weighted by atomic mass is 16.5. The fourth-order valence-electron chi connectivity index (χ4n) is 7.14. The molecule has 4 fully saturated rings. The van der Waals surface area contributed by atoms with Crippen LogP contribution in [0.1, 0.15) is 60.9 Å². The Bertz CT molecular complexity index is 1140. The van der Waals surface area contributed by atoms with Crippen LogP contribution in [0, 0.1) is 36.0 Å². The van der Waals surface area contributed by atoms with Crippen molar-refractivity contribution in [1.82, 2.24) is 4.57 Å². The van der Waals surface area contributed by atoms with Crippen molar-refractivity contribution in [1.29, 1.82) is 5.26 Å². The number of hydrogen-bond acceptors (Lipinski definition) is 4. The Kier molecular flexibility index (Phi) is 5.62. The lowest BCUT2D eigenvalue weighted by Gasteiger charge is -2.57. The molecule has 6 rings (SSSR count). The molecule has 0 spiro atoms. The number of benzene rings is 1. The molecule has 1 aromatic carbocycles. The number of pyridine rings is 1. The third-order valence-electron chi connectivity index (χ3n) is 8.12. The Labute approximate surface area is 194 Å². The van der Waals surface area contributed by atoms with Crippen molar-refractivity contribution < 1.29 is 9.53 Å². The van der Waals surface area contributed by atoms with Crippen LogP contribution in [0.5, 0.6) is 0 Å². The van der Waals surface area contributed by atoms with Gasteiger partial charge in [0.25, 0.3) is 5.56 Å². The van der Waals surface area contributed by atoms with E-state index in [4.69, 9.17) is 4.74 Å². The number of rotatable bonds is 6. The summed E-state index contributed by atoms with van der Waals surface area (Å²) in [4.78, 5) is 25.5. The molecule has 4 aliphatic rings. The molecule has 0 aliphatic heterocycles. The number of ether oxygens (including phenoxy) is 1. The molecule has 6 heteroatoms. The minimum atomic E-state index is -0.461. The Morgan fingerprint density at radius 3 is 2.30 bits per heavy atom. The molecule has 172 valence electrons. The molecule has 0 atom stereocenters. The minimum Gasteiger partial charge on any atom is -0.380 e. The second-order valence-electron chi connectivity index (χ2n) is 10.4. The highest BCUT2D eigenvalue weighted by Gasteiger charge is 2.51. The van der Waals surface area contributed by atoms with Crippen LogP contribution in [-0.4, -0.2) is 17.6 Å². The van der Waals surface area contributed by atoms with Crippen molar-refractivity contribution in [3.05, 3.63) is 63.1 Å². The van der Waals surface area contributed by atoms with Gasteiger partial charge in [-0.25, -0.2) is 0 Å². The molecule has 0 unspecified atom stereocenters. The predicted octanol–water partition coefficient (Wildman–Crippen LogP) is 4.28. The maximum Gasteiger partial charge on any atom is 0.269 e. The van der Waals surface area contributed by atoms with Crippen molar-refractivity contribution in [3.63, 3.8) is 0 Å². The van der Waals surface area contributed by atoms with Gasteiger partial charge in [0.05, 0.1) is 6.61 Å². The number of nitriles is 1. The smallest absolute Gasteiger partial charge is 0.269 e. The summed E-state index contributed by atoms with van der Waals surface area (Å²) >= 11 is 0. The molecule has 1 N–H and O–H groups in total. The number of methoxy groups -OCH3 is 1. The number of anilines is 1. The highest BCUT2D eigenvalue weighted by Crippen LogP contribution is 2.60. The van der Waals surface area contributed by atoms with Crippen LogP contribution < -0.4 is 10.9 Å². The van der Waals surface area contributed by atoms with Gasteiger partial charge < -0.3 is 14.6 Å². The topological polar surface area (TPSA) is 84.1 Å². The van der Waals surface area contributed by atoms with E-state index in [9.17, 15) is 14.9 Å². The van der Waals surface area contributed by atoms with Crippen LogP contribution in [0.4, 0.5) is 5.69 Å². The average molecular weight is 446 g/mol. The number of amides is 1. The fraction of sp³-hybridized carbons (Fsp3) is 0.519. The second-order valence-corrected chi connectivity index (χ2v) is 10.4. The van der Waals surface area contributed by atoms with Crippen LogP contribution in [0.25, 0.3) is 0 Å². The Balaban J connectivity index is 1.30. The first-order valence-electron chi connectivity index (χ1n) is 11.9. The van der Waals surface area contributed by atoms with Gasteiger partial charge in [-0.1, -0.05) is 12.1 Å². The van der Waals surface area contributed by atoms with E-state index in [0.717, 1.165) is 23.4 Å². The van der Waals surface area contributed by atoms with Gasteiger partial charge in [0, 0.05) is 24.1 Å². The summed E-state index contributed by atoms with van der Waals surface area (Å²) in [5, 5.41) is 12.3. The zero-order valence-corrected chi connectivity index (χ0v) is 19.4.